The van der Waals surface area contributed by atoms with E-state index in [1.54, 1.807) is 0 Å². The van der Waals surface area contributed by atoms with Crippen LogP contribution in [0.5, 0.6) is 0 Å². The number of rotatable bonds is 4. The molecule has 3 heteroatoms. The van der Waals surface area contributed by atoms with Gasteiger partial charge in [-0.2, -0.15) is 0 Å². The summed E-state index contributed by atoms with van der Waals surface area (Å²) in [6.07, 6.45) is 0. The molecule has 2 heterocycles. The first-order valence-corrected chi connectivity index (χ1v) is 20.7. The SMILES string of the molecule is c1ccc(N(c2cc3c(cc2-c2ccc4sc5ccccc5c4c2)-c2ccccc2C32c3ccccc3-c3ccccc32)c2cccc3c2oc2ccccc23)cc1. The van der Waals surface area contributed by atoms with Crippen LogP contribution in [0, 0.1) is 0 Å². The second-order valence-corrected chi connectivity index (χ2v) is 16.6. The van der Waals surface area contributed by atoms with Gasteiger partial charge in [-0.15, -0.1) is 11.3 Å². The van der Waals surface area contributed by atoms with E-state index in [1.165, 1.54) is 75.8 Å². The van der Waals surface area contributed by atoms with Crippen molar-refractivity contribution in [3.05, 3.63) is 222 Å². The summed E-state index contributed by atoms with van der Waals surface area (Å²) in [6.45, 7) is 0. The van der Waals surface area contributed by atoms with Crippen molar-refractivity contribution in [2.75, 3.05) is 4.90 Å². The van der Waals surface area contributed by atoms with Gasteiger partial charge in [-0.25, -0.2) is 0 Å². The first kappa shape index (κ1) is 31.9. The van der Waals surface area contributed by atoms with Gasteiger partial charge in [-0.3, -0.25) is 0 Å². The molecule has 0 radical (unpaired) electrons. The van der Waals surface area contributed by atoms with Crippen LogP contribution in [-0.4, -0.2) is 0 Å². The largest absolute Gasteiger partial charge is 0.454 e. The van der Waals surface area contributed by atoms with Crippen LogP contribution in [0.25, 0.3) is 75.5 Å². The minimum atomic E-state index is -0.492. The average molecular weight is 756 g/mol. The van der Waals surface area contributed by atoms with Crippen molar-refractivity contribution in [3.63, 3.8) is 0 Å². The first-order chi connectivity index (χ1) is 28.8. The topological polar surface area (TPSA) is 16.4 Å². The van der Waals surface area contributed by atoms with Crippen molar-refractivity contribution in [2.24, 2.45) is 0 Å². The van der Waals surface area contributed by atoms with Crippen molar-refractivity contribution in [1.82, 2.24) is 0 Å². The molecule has 2 aliphatic carbocycles. The molecule has 13 rings (SSSR count). The molecule has 2 aliphatic rings. The van der Waals surface area contributed by atoms with Gasteiger partial charge in [-0.05, 0) is 105 Å². The molecule has 0 saturated heterocycles. The second-order valence-electron chi connectivity index (χ2n) is 15.5. The van der Waals surface area contributed by atoms with Crippen LogP contribution in [0.1, 0.15) is 22.3 Å². The zero-order valence-corrected chi connectivity index (χ0v) is 32.1. The van der Waals surface area contributed by atoms with Crippen molar-refractivity contribution >= 4 is 70.5 Å². The minimum Gasteiger partial charge on any atom is -0.454 e. The molecule has 9 aromatic carbocycles. The van der Waals surface area contributed by atoms with Crippen LogP contribution < -0.4 is 4.90 Å². The van der Waals surface area contributed by atoms with Crippen LogP contribution in [-0.2, 0) is 5.41 Å². The third kappa shape index (κ3) is 4.21. The maximum Gasteiger partial charge on any atom is 0.159 e. The summed E-state index contributed by atoms with van der Waals surface area (Å²) < 4.78 is 9.44. The van der Waals surface area contributed by atoms with Gasteiger partial charge < -0.3 is 9.32 Å². The van der Waals surface area contributed by atoms with E-state index >= 15 is 0 Å². The highest BCUT2D eigenvalue weighted by Crippen LogP contribution is 2.64. The Morgan fingerprint density at radius 2 is 0.983 bits per heavy atom. The van der Waals surface area contributed by atoms with Crippen LogP contribution in [0.15, 0.2) is 205 Å². The standard InChI is InChI=1S/C55H33NOS/c1-2-15-35(16-3-1)56(49-26-14-22-41-39-20-7-12-27-51(39)57-54(41)49)50-33-48-43(32-42(50)34-29-30-53-44(31-34)40-21-8-13-28-52(40)58-53)38-19-6-11-25-47(38)55(48)45-23-9-4-17-36(45)37-18-5-10-24-46(37)55/h1-33H. The molecule has 2 nitrogen and oxygen atoms in total. The number of hydrogen-bond donors (Lipinski definition) is 0. The summed E-state index contributed by atoms with van der Waals surface area (Å²) in [5.74, 6) is 0. The van der Waals surface area contributed by atoms with Crippen molar-refractivity contribution in [2.45, 2.75) is 5.41 Å². The minimum absolute atomic E-state index is 0.492. The zero-order valence-electron chi connectivity index (χ0n) is 31.3. The maximum absolute atomic E-state index is 6.84. The van der Waals surface area contributed by atoms with Gasteiger partial charge in [0, 0.05) is 42.2 Å². The molecule has 0 saturated carbocycles. The Bertz CT molecular complexity index is 3430. The predicted molar refractivity (Wildman–Crippen MR) is 243 cm³/mol. The molecule has 0 bridgehead atoms. The summed E-state index contributed by atoms with van der Waals surface area (Å²) >= 11 is 1.86. The molecule has 2 aromatic heterocycles. The number of benzene rings is 9. The first-order valence-electron chi connectivity index (χ1n) is 19.9. The van der Waals surface area contributed by atoms with Gasteiger partial charge in [0.25, 0.3) is 0 Å². The lowest BCUT2D eigenvalue weighted by Gasteiger charge is -2.33. The van der Waals surface area contributed by atoms with Crippen LogP contribution >= 0.6 is 11.3 Å². The molecule has 0 N–H and O–H groups in total. The third-order valence-corrected chi connectivity index (χ3v) is 13.8. The zero-order chi connectivity index (χ0) is 38.0. The molecule has 58 heavy (non-hydrogen) atoms. The smallest absolute Gasteiger partial charge is 0.159 e. The summed E-state index contributed by atoms with van der Waals surface area (Å²) in [5.41, 5.74) is 17.2. The van der Waals surface area contributed by atoms with E-state index in [0.717, 1.165) is 39.0 Å². The maximum atomic E-state index is 6.84. The summed E-state index contributed by atoms with van der Waals surface area (Å²) in [6, 6.07) is 73.8. The molecule has 0 unspecified atom stereocenters. The molecule has 0 atom stereocenters. The van der Waals surface area contributed by atoms with Crippen molar-refractivity contribution in [3.8, 4) is 33.4 Å². The average Bonchev–Trinajstić information content (AvgIpc) is 4.02. The summed E-state index contributed by atoms with van der Waals surface area (Å²) in [5, 5.41) is 4.79. The monoisotopic (exact) mass is 755 g/mol. The highest BCUT2D eigenvalue weighted by atomic mass is 32.1. The van der Waals surface area contributed by atoms with E-state index in [9.17, 15) is 0 Å². The highest BCUT2D eigenvalue weighted by molar-refractivity contribution is 7.25. The van der Waals surface area contributed by atoms with E-state index in [4.69, 9.17) is 4.42 Å². The number of para-hydroxylation sites is 3. The molecule has 0 fully saturated rings. The number of hydrogen-bond acceptors (Lipinski definition) is 3. The number of nitrogens with zero attached hydrogens (tertiary/aromatic N) is 1. The van der Waals surface area contributed by atoms with Crippen LogP contribution in [0.2, 0.25) is 0 Å². The van der Waals surface area contributed by atoms with Crippen molar-refractivity contribution in [1.29, 1.82) is 0 Å². The molecule has 0 aliphatic heterocycles. The molecular formula is C55H33NOS. The number of anilines is 3. The van der Waals surface area contributed by atoms with E-state index in [1.807, 2.05) is 11.3 Å². The number of thiophene rings is 1. The lowest BCUT2D eigenvalue weighted by molar-refractivity contribution is 0.669. The molecule has 11 aromatic rings. The number of furan rings is 1. The summed E-state index contributed by atoms with van der Waals surface area (Å²) in [4.78, 5) is 2.44. The highest BCUT2D eigenvalue weighted by Gasteiger charge is 2.52. The van der Waals surface area contributed by atoms with Gasteiger partial charge in [0.2, 0.25) is 0 Å². The third-order valence-electron chi connectivity index (χ3n) is 12.7. The Kier molecular flexibility index (Phi) is 6.56. The van der Waals surface area contributed by atoms with Crippen LogP contribution in [0.3, 0.4) is 0 Å². The fourth-order valence-corrected chi connectivity index (χ4v) is 11.4. The van der Waals surface area contributed by atoms with Crippen molar-refractivity contribution < 1.29 is 4.42 Å². The predicted octanol–water partition coefficient (Wildman–Crippen LogP) is 15.4. The normalized spacial score (nSPS) is 13.3. The van der Waals surface area contributed by atoms with E-state index in [-0.39, 0.29) is 0 Å². The van der Waals surface area contributed by atoms with Gasteiger partial charge in [0.15, 0.2) is 5.58 Å². The van der Waals surface area contributed by atoms with Gasteiger partial charge in [-0.1, -0.05) is 146 Å². The van der Waals surface area contributed by atoms with Gasteiger partial charge in [0.1, 0.15) is 5.58 Å². The Hall–Kier alpha value is -7.20. The van der Waals surface area contributed by atoms with E-state index < -0.39 is 5.41 Å². The summed E-state index contributed by atoms with van der Waals surface area (Å²) in [7, 11) is 0. The lowest BCUT2D eigenvalue weighted by atomic mass is 9.70. The molecule has 270 valence electrons. The Morgan fingerprint density at radius 3 is 1.74 bits per heavy atom. The van der Waals surface area contributed by atoms with Crippen LogP contribution in [0.4, 0.5) is 17.1 Å². The van der Waals surface area contributed by atoms with Gasteiger partial charge >= 0.3 is 0 Å². The molecule has 0 amide bonds. The van der Waals surface area contributed by atoms with E-state index in [2.05, 4.69) is 205 Å². The second kappa shape index (κ2) is 11.9. The van der Waals surface area contributed by atoms with Gasteiger partial charge in [0.05, 0.1) is 16.8 Å². The quantitative estimate of drug-likeness (QED) is 0.178. The molecular weight excluding hydrogens is 723 g/mol. The lowest BCUT2D eigenvalue weighted by Crippen LogP contribution is -2.26. The van der Waals surface area contributed by atoms with E-state index in [0.29, 0.717) is 0 Å². The molecule has 1 spiro atoms. The number of fused-ring (bicyclic) bond motifs is 16. The fourth-order valence-electron chi connectivity index (χ4n) is 10.3. The Balaban J connectivity index is 1.19. The Morgan fingerprint density at radius 1 is 0.379 bits per heavy atom. The Labute approximate surface area is 339 Å². The fraction of sp³-hybridized carbons (Fsp3) is 0.0182.